The van der Waals surface area contributed by atoms with Crippen LogP contribution in [-0.2, 0) is 4.74 Å². The Morgan fingerprint density at radius 1 is 1.39 bits per heavy atom. The lowest BCUT2D eigenvalue weighted by Crippen LogP contribution is -2.42. The molecule has 0 unspecified atom stereocenters. The molecule has 1 fully saturated rings. The minimum absolute atomic E-state index is 0.186. The van der Waals surface area contributed by atoms with E-state index in [0.717, 1.165) is 38.8 Å². The van der Waals surface area contributed by atoms with Crippen molar-refractivity contribution in [3.05, 3.63) is 0 Å². The van der Waals surface area contributed by atoms with Crippen LogP contribution in [0.2, 0.25) is 0 Å². The Bertz CT molecular complexity index is 260. The van der Waals surface area contributed by atoms with Gasteiger partial charge in [-0.1, -0.05) is 6.42 Å². The van der Waals surface area contributed by atoms with Gasteiger partial charge in [0.05, 0.1) is 0 Å². The molecule has 1 N–H and O–H groups in total. The highest BCUT2D eigenvalue weighted by atomic mass is 16.6. The predicted octanol–water partition coefficient (Wildman–Crippen LogP) is 2.80. The van der Waals surface area contributed by atoms with Gasteiger partial charge in [0.25, 0.3) is 0 Å². The molecular weight excluding hydrogens is 230 g/mol. The topological polar surface area (TPSA) is 49.8 Å². The Hall–Kier alpha value is -0.770. The third-order valence-electron chi connectivity index (χ3n) is 3.19. The van der Waals surface area contributed by atoms with E-state index < -0.39 is 5.60 Å². The van der Waals surface area contributed by atoms with Crippen LogP contribution in [-0.4, -0.2) is 41.4 Å². The second-order valence-corrected chi connectivity index (χ2v) is 6.15. The maximum Gasteiger partial charge on any atom is 0.410 e. The first-order valence-electron chi connectivity index (χ1n) is 7.01. The minimum atomic E-state index is -0.416. The lowest BCUT2D eigenvalue weighted by Gasteiger charge is -2.34. The highest BCUT2D eigenvalue weighted by molar-refractivity contribution is 5.68. The second-order valence-electron chi connectivity index (χ2n) is 6.15. The fraction of sp³-hybridized carbons (Fsp3) is 0.929. The molecule has 1 saturated heterocycles. The number of nitrogens with zero attached hydrogens (tertiary/aromatic N) is 1. The van der Waals surface area contributed by atoms with E-state index in [9.17, 15) is 4.79 Å². The van der Waals surface area contributed by atoms with Crippen molar-refractivity contribution in [3.63, 3.8) is 0 Å². The molecular formula is C14H27NO3. The average molecular weight is 257 g/mol. The van der Waals surface area contributed by atoms with Crippen molar-refractivity contribution in [2.75, 3.05) is 19.7 Å². The van der Waals surface area contributed by atoms with E-state index in [0.29, 0.717) is 5.92 Å². The smallest absolute Gasteiger partial charge is 0.410 e. The summed E-state index contributed by atoms with van der Waals surface area (Å²) in [6.45, 7) is 7.57. The van der Waals surface area contributed by atoms with E-state index in [1.807, 2.05) is 25.7 Å². The highest BCUT2D eigenvalue weighted by Crippen LogP contribution is 2.23. The lowest BCUT2D eigenvalue weighted by atomic mass is 9.93. The number of likely N-dealkylation sites (tertiary alicyclic amines) is 1. The molecule has 4 heteroatoms. The summed E-state index contributed by atoms with van der Waals surface area (Å²) < 4.78 is 5.40. The van der Waals surface area contributed by atoms with Crippen molar-refractivity contribution in [2.24, 2.45) is 5.92 Å². The standard InChI is InChI=1S/C14H27NO3/c1-14(2,3)18-13(17)15-9-6-8-12(11-15)7-4-5-10-16/h12,16H,4-11H2,1-3H3/t12-/m1/s1. The number of rotatable bonds is 4. The van der Waals surface area contributed by atoms with Gasteiger partial charge in [-0.25, -0.2) is 4.79 Å². The van der Waals surface area contributed by atoms with Crippen LogP contribution in [0.4, 0.5) is 4.79 Å². The molecule has 0 aromatic carbocycles. The first-order chi connectivity index (χ1) is 8.42. The van der Waals surface area contributed by atoms with Gasteiger partial charge in [0.1, 0.15) is 5.60 Å². The van der Waals surface area contributed by atoms with E-state index in [-0.39, 0.29) is 12.7 Å². The van der Waals surface area contributed by atoms with Crippen LogP contribution >= 0.6 is 0 Å². The normalized spacial score (nSPS) is 20.9. The summed E-state index contributed by atoms with van der Waals surface area (Å²) >= 11 is 0. The Balaban J connectivity index is 2.36. The molecule has 0 radical (unpaired) electrons. The maximum absolute atomic E-state index is 12.0. The van der Waals surface area contributed by atoms with Crippen molar-refractivity contribution in [2.45, 2.75) is 58.5 Å². The van der Waals surface area contributed by atoms with Crippen LogP contribution < -0.4 is 0 Å². The van der Waals surface area contributed by atoms with E-state index in [4.69, 9.17) is 9.84 Å². The molecule has 0 spiro atoms. The number of carbonyl (C=O) groups excluding carboxylic acids is 1. The van der Waals surface area contributed by atoms with E-state index in [1.54, 1.807) is 0 Å². The van der Waals surface area contributed by atoms with Gasteiger partial charge in [-0.2, -0.15) is 0 Å². The average Bonchev–Trinajstić information content (AvgIpc) is 2.27. The van der Waals surface area contributed by atoms with Gasteiger partial charge in [-0.05, 0) is 52.4 Å². The number of unbranched alkanes of at least 4 members (excludes halogenated alkanes) is 1. The summed E-state index contributed by atoms with van der Waals surface area (Å²) in [5.41, 5.74) is -0.416. The maximum atomic E-state index is 12.0. The van der Waals surface area contributed by atoms with Crippen molar-refractivity contribution in [1.82, 2.24) is 4.90 Å². The van der Waals surface area contributed by atoms with E-state index in [1.165, 1.54) is 6.42 Å². The van der Waals surface area contributed by atoms with Gasteiger partial charge in [0.2, 0.25) is 0 Å². The summed E-state index contributed by atoms with van der Waals surface area (Å²) in [5.74, 6) is 0.567. The number of piperidine rings is 1. The summed E-state index contributed by atoms with van der Waals surface area (Å²) in [4.78, 5) is 13.8. The SMILES string of the molecule is CC(C)(C)OC(=O)N1CCC[C@@H](CCCCO)C1. The summed E-state index contributed by atoms with van der Waals surface area (Å²) in [5, 5.41) is 8.78. The largest absolute Gasteiger partial charge is 0.444 e. The van der Waals surface area contributed by atoms with Gasteiger partial charge < -0.3 is 14.7 Å². The zero-order valence-corrected chi connectivity index (χ0v) is 11.9. The molecule has 106 valence electrons. The molecule has 1 rings (SSSR count). The van der Waals surface area contributed by atoms with E-state index in [2.05, 4.69) is 0 Å². The molecule has 1 heterocycles. The molecule has 1 amide bonds. The van der Waals surface area contributed by atoms with Gasteiger partial charge in [0, 0.05) is 19.7 Å². The fourth-order valence-electron chi connectivity index (χ4n) is 2.34. The van der Waals surface area contributed by atoms with Gasteiger partial charge in [-0.3, -0.25) is 0 Å². The Labute approximate surface area is 110 Å². The summed E-state index contributed by atoms with van der Waals surface area (Å²) in [6.07, 6.45) is 5.06. The van der Waals surface area contributed by atoms with Crippen molar-refractivity contribution in [3.8, 4) is 0 Å². The minimum Gasteiger partial charge on any atom is -0.444 e. The molecule has 0 aliphatic carbocycles. The predicted molar refractivity (Wildman–Crippen MR) is 71.5 cm³/mol. The van der Waals surface area contributed by atoms with Crippen LogP contribution in [0.15, 0.2) is 0 Å². The third kappa shape index (κ3) is 5.71. The number of aliphatic hydroxyl groups is 1. The molecule has 4 nitrogen and oxygen atoms in total. The Kier molecular flexibility index (Phi) is 5.93. The Morgan fingerprint density at radius 3 is 2.72 bits per heavy atom. The van der Waals surface area contributed by atoms with Crippen molar-refractivity contribution in [1.29, 1.82) is 0 Å². The van der Waals surface area contributed by atoms with E-state index >= 15 is 0 Å². The zero-order valence-electron chi connectivity index (χ0n) is 11.9. The molecule has 0 bridgehead atoms. The fourth-order valence-corrected chi connectivity index (χ4v) is 2.34. The van der Waals surface area contributed by atoms with Gasteiger partial charge >= 0.3 is 6.09 Å². The number of aliphatic hydroxyl groups excluding tert-OH is 1. The number of carbonyl (C=O) groups is 1. The molecule has 0 aromatic heterocycles. The molecule has 0 aromatic rings. The van der Waals surface area contributed by atoms with Crippen LogP contribution in [0.25, 0.3) is 0 Å². The van der Waals surface area contributed by atoms with Crippen LogP contribution in [0.1, 0.15) is 52.9 Å². The number of hydrogen-bond acceptors (Lipinski definition) is 3. The first-order valence-corrected chi connectivity index (χ1v) is 7.01. The van der Waals surface area contributed by atoms with Gasteiger partial charge in [0.15, 0.2) is 0 Å². The lowest BCUT2D eigenvalue weighted by molar-refractivity contribution is 0.0160. The van der Waals surface area contributed by atoms with Gasteiger partial charge in [-0.15, -0.1) is 0 Å². The monoisotopic (exact) mass is 257 g/mol. The summed E-state index contributed by atoms with van der Waals surface area (Å²) in [7, 11) is 0. The van der Waals surface area contributed by atoms with Crippen molar-refractivity contribution >= 4 is 6.09 Å². The molecule has 0 saturated carbocycles. The van der Waals surface area contributed by atoms with Crippen LogP contribution in [0.3, 0.4) is 0 Å². The number of hydrogen-bond donors (Lipinski definition) is 1. The van der Waals surface area contributed by atoms with Crippen molar-refractivity contribution < 1.29 is 14.6 Å². The quantitative estimate of drug-likeness (QED) is 0.788. The number of ether oxygens (including phenoxy) is 1. The molecule has 1 atom stereocenters. The van der Waals surface area contributed by atoms with Crippen LogP contribution in [0, 0.1) is 5.92 Å². The Morgan fingerprint density at radius 2 is 2.11 bits per heavy atom. The summed E-state index contributed by atoms with van der Waals surface area (Å²) in [6, 6.07) is 0. The highest BCUT2D eigenvalue weighted by Gasteiger charge is 2.27. The molecule has 18 heavy (non-hydrogen) atoms. The molecule has 1 aliphatic rings. The molecule has 1 aliphatic heterocycles. The van der Waals surface area contributed by atoms with Crippen LogP contribution in [0.5, 0.6) is 0 Å². The second kappa shape index (κ2) is 6.98. The first kappa shape index (κ1) is 15.3. The third-order valence-corrected chi connectivity index (χ3v) is 3.19. The zero-order chi connectivity index (χ0) is 13.6. The number of amides is 1.